The number of anilines is 1. The number of sulfone groups is 1. The van der Waals surface area contributed by atoms with Gasteiger partial charge in [-0.1, -0.05) is 15.9 Å². The fourth-order valence-electron chi connectivity index (χ4n) is 1.91. The van der Waals surface area contributed by atoms with E-state index < -0.39 is 9.84 Å². The van der Waals surface area contributed by atoms with Gasteiger partial charge >= 0.3 is 0 Å². The molecule has 1 aliphatic rings. The van der Waals surface area contributed by atoms with Gasteiger partial charge in [0.1, 0.15) is 0 Å². The van der Waals surface area contributed by atoms with Crippen LogP contribution in [-0.4, -0.2) is 33.8 Å². The van der Waals surface area contributed by atoms with Gasteiger partial charge in [0.2, 0.25) is 0 Å². The number of benzene rings is 1. The number of halogens is 1. The van der Waals surface area contributed by atoms with Crippen molar-refractivity contribution in [3.63, 3.8) is 0 Å². The van der Waals surface area contributed by atoms with Crippen LogP contribution in [0.5, 0.6) is 0 Å². The summed E-state index contributed by atoms with van der Waals surface area (Å²) in [5.74, 6) is 0.0919. The van der Waals surface area contributed by atoms with Crippen molar-refractivity contribution in [1.29, 1.82) is 0 Å². The third-order valence-corrected chi connectivity index (χ3v) is 5.20. The van der Waals surface area contributed by atoms with E-state index in [4.69, 9.17) is 5.73 Å². The predicted octanol–water partition coefficient (Wildman–Crippen LogP) is 1.000. The third kappa shape index (κ3) is 1.85. The van der Waals surface area contributed by atoms with E-state index in [2.05, 4.69) is 15.9 Å². The summed E-state index contributed by atoms with van der Waals surface area (Å²) in [5.41, 5.74) is 6.31. The zero-order valence-corrected chi connectivity index (χ0v) is 11.3. The average molecular weight is 305 g/mol. The Morgan fingerprint density at radius 1 is 1.56 bits per heavy atom. The van der Waals surface area contributed by atoms with Gasteiger partial charge in [0.15, 0.2) is 9.84 Å². The van der Waals surface area contributed by atoms with Crippen LogP contribution in [0.1, 0.15) is 0 Å². The van der Waals surface area contributed by atoms with Crippen LogP contribution in [0, 0.1) is 0 Å². The molecule has 88 valence electrons. The van der Waals surface area contributed by atoms with E-state index in [9.17, 15) is 8.42 Å². The van der Waals surface area contributed by atoms with E-state index in [1.165, 1.54) is 0 Å². The molecule has 1 heterocycles. The topological polar surface area (TPSA) is 63.4 Å². The second-order valence-electron chi connectivity index (χ2n) is 3.89. The highest BCUT2D eigenvalue weighted by molar-refractivity contribution is 9.10. The lowest BCUT2D eigenvalue weighted by atomic mass is 10.2. The molecule has 0 amide bonds. The molecule has 1 aliphatic heterocycles. The number of nitrogens with two attached hydrogens (primary N) is 1. The second-order valence-corrected chi connectivity index (χ2v) is 6.81. The Morgan fingerprint density at radius 2 is 2.25 bits per heavy atom. The maximum absolute atomic E-state index is 12.0. The summed E-state index contributed by atoms with van der Waals surface area (Å²) in [7, 11) is -1.32. The van der Waals surface area contributed by atoms with Gasteiger partial charge in [0.05, 0.1) is 22.4 Å². The van der Waals surface area contributed by atoms with E-state index in [-0.39, 0.29) is 11.8 Å². The van der Waals surface area contributed by atoms with Crippen LogP contribution in [0.2, 0.25) is 0 Å². The van der Waals surface area contributed by atoms with Gasteiger partial charge in [-0.3, -0.25) is 0 Å². The zero-order chi connectivity index (χ0) is 11.9. The van der Waals surface area contributed by atoms with E-state index >= 15 is 0 Å². The highest BCUT2D eigenvalue weighted by Crippen LogP contribution is 2.34. The van der Waals surface area contributed by atoms with Crippen molar-refractivity contribution in [2.45, 2.75) is 10.9 Å². The molecule has 0 aromatic heterocycles. The van der Waals surface area contributed by atoms with E-state index in [0.717, 1.165) is 10.2 Å². The molecule has 2 N–H and O–H groups in total. The zero-order valence-electron chi connectivity index (χ0n) is 8.85. The van der Waals surface area contributed by atoms with Gasteiger partial charge in [-0.2, -0.15) is 0 Å². The summed E-state index contributed by atoms with van der Waals surface area (Å²) in [4.78, 5) is 2.32. The van der Waals surface area contributed by atoms with Gasteiger partial charge in [-0.15, -0.1) is 0 Å². The Bertz CT molecular complexity index is 516. The Kier molecular flexibility index (Phi) is 2.98. The van der Waals surface area contributed by atoms with Crippen LogP contribution in [-0.2, 0) is 9.84 Å². The largest absolute Gasteiger partial charge is 0.368 e. The van der Waals surface area contributed by atoms with E-state index in [0.29, 0.717) is 11.4 Å². The number of nitrogens with zero attached hydrogens (tertiary/aromatic N) is 1. The highest BCUT2D eigenvalue weighted by atomic mass is 79.9. The molecule has 0 radical (unpaired) electrons. The van der Waals surface area contributed by atoms with Crippen molar-refractivity contribution >= 4 is 31.5 Å². The van der Waals surface area contributed by atoms with Crippen molar-refractivity contribution in [1.82, 2.24) is 0 Å². The van der Waals surface area contributed by atoms with Gasteiger partial charge in [-0.05, 0) is 18.2 Å². The molecule has 1 aromatic rings. The van der Waals surface area contributed by atoms with Crippen LogP contribution in [0.15, 0.2) is 27.6 Å². The molecule has 1 aromatic carbocycles. The third-order valence-electron chi connectivity index (χ3n) is 2.87. The number of fused-ring (bicyclic) bond motifs is 1. The monoisotopic (exact) mass is 304 g/mol. The molecule has 16 heavy (non-hydrogen) atoms. The van der Waals surface area contributed by atoms with Crippen molar-refractivity contribution in [2.75, 3.05) is 24.2 Å². The first kappa shape index (κ1) is 11.9. The summed E-state index contributed by atoms with van der Waals surface area (Å²) in [6.45, 7) is 0.335. The smallest absolute Gasteiger partial charge is 0.182 e. The Hall–Kier alpha value is -0.590. The summed E-state index contributed by atoms with van der Waals surface area (Å²) >= 11 is 3.34. The first-order valence-electron chi connectivity index (χ1n) is 4.91. The average Bonchev–Trinajstić information content (AvgIpc) is 2.23. The predicted molar refractivity (Wildman–Crippen MR) is 67.4 cm³/mol. The molecule has 0 fully saturated rings. The molecule has 0 bridgehead atoms. The fourth-order valence-corrected chi connectivity index (χ4v) is 4.10. The van der Waals surface area contributed by atoms with Gasteiger partial charge in [0, 0.05) is 18.1 Å². The molecule has 0 saturated carbocycles. The Morgan fingerprint density at radius 3 is 2.88 bits per heavy atom. The maximum Gasteiger partial charge on any atom is 0.182 e. The van der Waals surface area contributed by atoms with Crippen LogP contribution in [0.25, 0.3) is 0 Å². The first-order chi connectivity index (χ1) is 7.45. The molecular formula is C10H13BrN2O2S. The molecule has 1 unspecified atom stereocenters. The lowest BCUT2D eigenvalue weighted by Gasteiger charge is -2.34. The summed E-state index contributed by atoms with van der Waals surface area (Å²) in [6, 6.07) is 5.05. The van der Waals surface area contributed by atoms with Gasteiger partial charge < -0.3 is 10.6 Å². The molecule has 0 spiro atoms. The number of likely N-dealkylation sites (N-methyl/N-ethyl adjacent to an activating group) is 1. The van der Waals surface area contributed by atoms with Crippen LogP contribution >= 0.6 is 15.9 Å². The molecule has 2 rings (SSSR count). The van der Waals surface area contributed by atoms with Crippen LogP contribution < -0.4 is 10.6 Å². The minimum atomic E-state index is -3.20. The van der Waals surface area contributed by atoms with Gasteiger partial charge in [-0.25, -0.2) is 8.42 Å². The molecular weight excluding hydrogens is 292 g/mol. The van der Waals surface area contributed by atoms with Gasteiger partial charge in [0.25, 0.3) is 0 Å². The van der Waals surface area contributed by atoms with Crippen molar-refractivity contribution in [2.24, 2.45) is 5.73 Å². The SMILES string of the molecule is CN1c2cc(Br)ccc2S(=O)(=O)CC1CN. The molecule has 1 atom stereocenters. The quantitative estimate of drug-likeness (QED) is 0.841. The van der Waals surface area contributed by atoms with Crippen LogP contribution in [0.4, 0.5) is 5.69 Å². The van der Waals surface area contributed by atoms with Crippen molar-refractivity contribution in [3.05, 3.63) is 22.7 Å². The summed E-state index contributed by atoms with van der Waals surface area (Å²) in [6.07, 6.45) is 0. The lowest BCUT2D eigenvalue weighted by molar-refractivity contribution is 0.573. The first-order valence-corrected chi connectivity index (χ1v) is 7.35. The summed E-state index contributed by atoms with van der Waals surface area (Å²) < 4.78 is 24.9. The second kappa shape index (κ2) is 4.01. The Labute approximate surface area is 103 Å². The van der Waals surface area contributed by atoms with Crippen molar-refractivity contribution in [3.8, 4) is 0 Å². The molecule has 0 saturated heterocycles. The molecule has 0 aliphatic carbocycles. The summed E-state index contributed by atoms with van der Waals surface area (Å²) in [5, 5.41) is 0. The van der Waals surface area contributed by atoms with Crippen LogP contribution in [0.3, 0.4) is 0 Å². The maximum atomic E-state index is 12.0. The van der Waals surface area contributed by atoms with E-state index in [1.54, 1.807) is 12.1 Å². The van der Waals surface area contributed by atoms with Crippen molar-refractivity contribution < 1.29 is 8.42 Å². The number of hydrogen-bond donors (Lipinski definition) is 1. The fraction of sp³-hybridized carbons (Fsp3) is 0.400. The van der Waals surface area contributed by atoms with E-state index in [1.807, 2.05) is 18.0 Å². The lowest BCUT2D eigenvalue weighted by Crippen LogP contribution is -2.46. The number of hydrogen-bond acceptors (Lipinski definition) is 4. The highest BCUT2D eigenvalue weighted by Gasteiger charge is 2.32. The number of rotatable bonds is 1. The minimum Gasteiger partial charge on any atom is -0.368 e. The normalized spacial score (nSPS) is 22.9. The Balaban J connectivity index is 2.63. The minimum absolute atomic E-state index is 0.0919. The molecule has 4 nitrogen and oxygen atoms in total. The molecule has 6 heteroatoms. The standard InChI is InChI=1S/C10H13BrN2O2S/c1-13-8(5-12)6-16(14,15)10-3-2-7(11)4-9(10)13/h2-4,8H,5-6,12H2,1H3.